The van der Waals surface area contributed by atoms with Gasteiger partial charge in [0.05, 0.1) is 19.3 Å². The Morgan fingerprint density at radius 2 is 2.17 bits per heavy atom. The van der Waals surface area contributed by atoms with E-state index in [9.17, 15) is 4.39 Å². The zero-order valence-corrected chi connectivity index (χ0v) is 13.6. The topological polar surface area (TPSA) is 50.3 Å². The summed E-state index contributed by atoms with van der Waals surface area (Å²) < 4.78 is 19.0. The molecule has 122 valence electrons. The maximum absolute atomic E-state index is 13.7. The second kappa shape index (κ2) is 6.40. The first-order valence-electron chi connectivity index (χ1n) is 7.71. The van der Waals surface area contributed by atoms with Crippen molar-refractivity contribution in [2.75, 3.05) is 31.4 Å². The van der Waals surface area contributed by atoms with Crippen molar-refractivity contribution in [1.29, 1.82) is 0 Å². The van der Waals surface area contributed by atoms with E-state index in [0.717, 1.165) is 25.0 Å². The molecule has 1 N–H and O–H groups in total. The fraction of sp³-hybridized carbons (Fsp3) is 0.412. The van der Waals surface area contributed by atoms with Crippen LogP contribution in [0, 0.1) is 5.82 Å². The molecule has 1 aliphatic rings. The second-order valence-electron chi connectivity index (χ2n) is 5.91. The van der Waals surface area contributed by atoms with Gasteiger partial charge in [-0.3, -0.25) is 0 Å². The lowest BCUT2D eigenvalue weighted by atomic mass is 9.87. The van der Waals surface area contributed by atoms with E-state index in [1.54, 1.807) is 26.1 Å². The number of halogens is 1. The third-order valence-electron chi connectivity index (χ3n) is 4.12. The summed E-state index contributed by atoms with van der Waals surface area (Å²) in [5.41, 5.74) is 2.51. The van der Waals surface area contributed by atoms with Gasteiger partial charge >= 0.3 is 0 Å². The summed E-state index contributed by atoms with van der Waals surface area (Å²) in [5, 5.41) is 3.34. The lowest BCUT2D eigenvalue weighted by Crippen LogP contribution is -2.20. The van der Waals surface area contributed by atoms with Gasteiger partial charge < -0.3 is 15.0 Å². The van der Waals surface area contributed by atoms with Crippen LogP contribution in [0.3, 0.4) is 0 Å². The van der Waals surface area contributed by atoms with Crippen LogP contribution in [0.1, 0.15) is 30.0 Å². The Bertz CT molecular complexity index is 705. The predicted molar refractivity (Wildman–Crippen MR) is 88.6 cm³/mol. The van der Waals surface area contributed by atoms with Gasteiger partial charge in [-0.1, -0.05) is 6.07 Å². The number of ether oxygens (including phenoxy) is 1. The van der Waals surface area contributed by atoms with Crippen molar-refractivity contribution in [3.8, 4) is 5.75 Å². The number of aryl methyl sites for hydroxylation is 1. The van der Waals surface area contributed by atoms with Gasteiger partial charge in [0.25, 0.3) is 0 Å². The average molecular weight is 316 g/mol. The molecule has 0 saturated heterocycles. The normalized spacial score (nSPS) is 16.6. The summed E-state index contributed by atoms with van der Waals surface area (Å²) in [6.45, 7) is 0. The lowest BCUT2D eigenvalue weighted by Gasteiger charge is -2.27. The molecule has 0 saturated carbocycles. The molecule has 1 aromatic heterocycles. The van der Waals surface area contributed by atoms with Crippen LogP contribution in [0.25, 0.3) is 0 Å². The van der Waals surface area contributed by atoms with Crippen LogP contribution in [-0.4, -0.2) is 31.2 Å². The minimum atomic E-state index is -0.422. The van der Waals surface area contributed by atoms with Crippen molar-refractivity contribution >= 4 is 11.8 Å². The van der Waals surface area contributed by atoms with Crippen LogP contribution in [0.5, 0.6) is 5.75 Å². The molecule has 1 aromatic carbocycles. The van der Waals surface area contributed by atoms with Gasteiger partial charge in [-0.05, 0) is 42.5 Å². The van der Waals surface area contributed by atoms with Gasteiger partial charge in [0.1, 0.15) is 5.75 Å². The minimum Gasteiger partial charge on any atom is -0.497 e. The van der Waals surface area contributed by atoms with Gasteiger partial charge in [0.2, 0.25) is 5.95 Å². The zero-order chi connectivity index (χ0) is 16.4. The highest BCUT2D eigenvalue weighted by Gasteiger charge is 2.22. The smallest absolute Gasteiger partial charge is 0.225 e. The van der Waals surface area contributed by atoms with Crippen molar-refractivity contribution in [3.63, 3.8) is 0 Å². The summed E-state index contributed by atoms with van der Waals surface area (Å²) >= 11 is 0. The molecule has 1 unspecified atom stereocenters. The van der Waals surface area contributed by atoms with E-state index in [1.807, 2.05) is 6.07 Å². The number of nitrogens with zero attached hydrogens (tertiary/aromatic N) is 3. The molecule has 2 aromatic rings. The van der Waals surface area contributed by atoms with Crippen molar-refractivity contribution in [2.45, 2.75) is 25.3 Å². The van der Waals surface area contributed by atoms with Crippen LogP contribution in [0.2, 0.25) is 0 Å². The molecule has 1 aliphatic carbocycles. The summed E-state index contributed by atoms with van der Waals surface area (Å²) in [7, 11) is 5.20. The quantitative estimate of drug-likeness (QED) is 0.939. The highest BCUT2D eigenvalue weighted by molar-refractivity contribution is 5.46. The molecule has 0 fully saturated rings. The third-order valence-corrected chi connectivity index (χ3v) is 4.12. The number of rotatable bonds is 4. The number of hydrogen-bond donors (Lipinski definition) is 1. The molecule has 6 heteroatoms. The molecule has 23 heavy (non-hydrogen) atoms. The van der Waals surface area contributed by atoms with Gasteiger partial charge in [-0.25, -0.2) is 9.37 Å². The van der Waals surface area contributed by atoms with Gasteiger partial charge in [-0.15, -0.1) is 0 Å². The Morgan fingerprint density at radius 1 is 1.35 bits per heavy atom. The zero-order valence-electron chi connectivity index (χ0n) is 13.6. The van der Waals surface area contributed by atoms with Gasteiger partial charge in [0.15, 0.2) is 11.6 Å². The molecule has 0 amide bonds. The molecule has 1 atom stereocenters. The SMILES string of the molecule is COc1ccc2c(c1)CCCC2Nc1ncc(F)c(N(C)C)n1. The molecule has 3 rings (SSSR count). The van der Waals surface area contributed by atoms with Crippen molar-refractivity contribution in [1.82, 2.24) is 9.97 Å². The summed E-state index contributed by atoms with van der Waals surface area (Å²) in [5.74, 6) is 1.18. The van der Waals surface area contributed by atoms with Gasteiger partial charge in [0, 0.05) is 14.1 Å². The predicted octanol–water partition coefficient (Wildman–Crippen LogP) is 3.18. The molecular formula is C17H21FN4O. The molecule has 0 spiro atoms. The monoisotopic (exact) mass is 316 g/mol. The Balaban J connectivity index is 1.86. The third kappa shape index (κ3) is 3.21. The van der Waals surface area contributed by atoms with Crippen LogP contribution in [0.15, 0.2) is 24.4 Å². The first-order chi connectivity index (χ1) is 11.1. The largest absolute Gasteiger partial charge is 0.497 e. The Labute approximate surface area is 135 Å². The number of anilines is 2. The average Bonchev–Trinajstić information content (AvgIpc) is 2.56. The van der Waals surface area contributed by atoms with Crippen molar-refractivity contribution in [3.05, 3.63) is 41.3 Å². The molecule has 0 bridgehead atoms. The first kappa shape index (κ1) is 15.5. The number of nitrogens with one attached hydrogen (secondary N) is 1. The molecule has 0 radical (unpaired) electrons. The molecule has 1 heterocycles. The molecule has 0 aliphatic heterocycles. The number of aromatic nitrogens is 2. The fourth-order valence-electron chi connectivity index (χ4n) is 2.96. The Kier molecular flexibility index (Phi) is 4.32. The van der Waals surface area contributed by atoms with E-state index in [2.05, 4.69) is 27.4 Å². The fourth-order valence-corrected chi connectivity index (χ4v) is 2.96. The summed E-state index contributed by atoms with van der Waals surface area (Å²) in [6.07, 6.45) is 4.33. The second-order valence-corrected chi connectivity index (χ2v) is 5.91. The number of benzene rings is 1. The highest BCUT2D eigenvalue weighted by atomic mass is 19.1. The van der Waals surface area contributed by atoms with Crippen LogP contribution in [-0.2, 0) is 6.42 Å². The van der Waals surface area contributed by atoms with Crippen molar-refractivity contribution < 1.29 is 9.13 Å². The summed E-state index contributed by atoms with van der Waals surface area (Å²) in [4.78, 5) is 9.99. The number of hydrogen-bond acceptors (Lipinski definition) is 5. The summed E-state index contributed by atoms with van der Waals surface area (Å²) in [6, 6.07) is 6.27. The highest BCUT2D eigenvalue weighted by Crippen LogP contribution is 2.34. The maximum Gasteiger partial charge on any atom is 0.225 e. The Morgan fingerprint density at radius 3 is 2.91 bits per heavy atom. The van der Waals surface area contributed by atoms with E-state index >= 15 is 0 Å². The van der Waals surface area contributed by atoms with E-state index < -0.39 is 5.82 Å². The van der Waals surface area contributed by atoms with E-state index in [1.165, 1.54) is 17.3 Å². The molecular weight excluding hydrogens is 295 g/mol. The lowest BCUT2D eigenvalue weighted by molar-refractivity contribution is 0.413. The van der Waals surface area contributed by atoms with Gasteiger partial charge in [-0.2, -0.15) is 4.98 Å². The van der Waals surface area contributed by atoms with Crippen LogP contribution >= 0.6 is 0 Å². The van der Waals surface area contributed by atoms with E-state index in [4.69, 9.17) is 4.74 Å². The molecule has 5 nitrogen and oxygen atoms in total. The Hall–Kier alpha value is -2.37. The van der Waals surface area contributed by atoms with Crippen molar-refractivity contribution in [2.24, 2.45) is 0 Å². The van der Waals surface area contributed by atoms with Crippen LogP contribution < -0.4 is 15.0 Å². The van der Waals surface area contributed by atoms with Crippen LogP contribution in [0.4, 0.5) is 16.2 Å². The number of fused-ring (bicyclic) bond motifs is 1. The van der Waals surface area contributed by atoms with E-state index in [-0.39, 0.29) is 11.9 Å². The van der Waals surface area contributed by atoms with E-state index in [0.29, 0.717) is 5.95 Å². The minimum absolute atomic E-state index is 0.130. The number of methoxy groups -OCH3 is 1. The maximum atomic E-state index is 13.7. The standard InChI is InChI=1S/C17H21FN4O/c1-22(2)16-14(18)10-19-17(21-16)20-15-6-4-5-11-9-12(23-3)7-8-13(11)15/h7-10,15H,4-6H2,1-3H3,(H,19,20,21). The first-order valence-corrected chi connectivity index (χ1v) is 7.71.